The van der Waals surface area contributed by atoms with Gasteiger partial charge in [-0.1, -0.05) is 5.16 Å². The van der Waals surface area contributed by atoms with Crippen molar-refractivity contribution in [2.24, 2.45) is 10.9 Å². The van der Waals surface area contributed by atoms with Gasteiger partial charge in [-0.15, -0.1) is 0 Å². The zero-order valence-electron chi connectivity index (χ0n) is 9.39. The van der Waals surface area contributed by atoms with Gasteiger partial charge in [0.2, 0.25) is 0 Å². The van der Waals surface area contributed by atoms with E-state index in [0.29, 0.717) is 5.69 Å². The molecule has 1 aromatic heterocycles. The van der Waals surface area contributed by atoms with Crippen LogP contribution in [0.2, 0.25) is 0 Å². The minimum atomic E-state index is -0.544. The predicted octanol–water partition coefficient (Wildman–Crippen LogP) is 1.48. The average molecular weight is 373 g/mol. The monoisotopic (exact) mass is 373 g/mol. The summed E-state index contributed by atoms with van der Waals surface area (Å²) in [6.45, 7) is 0. The van der Waals surface area contributed by atoms with Crippen molar-refractivity contribution in [2.75, 3.05) is 0 Å². The van der Waals surface area contributed by atoms with Crippen LogP contribution in [-0.2, 0) is 0 Å². The van der Waals surface area contributed by atoms with E-state index in [-0.39, 0.29) is 17.1 Å². The van der Waals surface area contributed by atoms with Crippen LogP contribution >= 0.6 is 22.6 Å². The summed E-state index contributed by atoms with van der Waals surface area (Å²) in [5.74, 6) is -0.190. The largest absolute Gasteiger partial charge is 0.409 e. The van der Waals surface area contributed by atoms with Crippen molar-refractivity contribution in [1.82, 2.24) is 9.78 Å². The van der Waals surface area contributed by atoms with E-state index in [4.69, 9.17) is 10.9 Å². The highest BCUT2D eigenvalue weighted by Gasteiger charge is 2.18. The van der Waals surface area contributed by atoms with Crippen molar-refractivity contribution in [3.8, 4) is 5.69 Å². The van der Waals surface area contributed by atoms with Gasteiger partial charge in [0.25, 0.3) is 5.69 Å². The summed E-state index contributed by atoms with van der Waals surface area (Å²) in [6.07, 6.45) is 3.24. The molecule has 19 heavy (non-hydrogen) atoms. The molecule has 3 N–H and O–H groups in total. The number of oxime groups is 1. The molecule has 0 aliphatic carbocycles. The van der Waals surface area contributed by atoms with Crippen LogP contribution in [-0.4, -0.2) is 25.7 Å². The lowest BCUT2D eigenvalue weighted by Crippen LogP contribution is -2.14. The quantitative estimate of drug-likeness (QED) is 0.211. The first-order valence-corrected chi connectivity index (χ1v) is 6.07. The van der Waals surface area contributed by atoms with Crippen LogP contribution in [0.3, 0.4) is 0 Å². The highest BCUT2D eigenvalue weighted by molar-refractivity contribution is 14.1. The normalized spacial score (nSPS) is 11.5. The standard InChI is InChI=1S/C10H8IN5O3/c11-7-4-13-15(5-7)8-2-1-6(10(12)14-17)3-9(8)16(18)19/h1-5,17H,(H2,12,14). The number of aromatic nitrogens is 2. The van der Waals surface area contributed by atoms with Crippen molar-refractivity contribution in [3.05, 3.63) is 49.8 Å². The summed E-state index contributed by atoms with van der Waals surface area (Å²) in [7, 11) is 0. The molecule has 1 heterocycles. The Morgan fingerprint density at radius 1 is 1.58 bits per heavy atom. The molecular formula is C10H8IN5O3. The fraction of sp³-hybridized carbons (Fsp3) is 0. The summed E-state index contributed by atoms with van der Waals surface area (Å²) in [5, 5.41) is 26.5. The van der Waals surface area contributed by atoms with Crippen LogP contribution in [0.4, 0.5) is 5.69 Å². The van der Waals surface area contributed by atoms with Crippen LogP contribution < -0.4 is 5.73 Å². The van der Waals surface area contributed by atoms with E-state index in [9.17, 15) is 10.1 Å². The summed E-state index contributed by atoms with van der Waals surface area (Å²) >= 11 is 2.05. The van der Waals surface area contributed by atoms with Crippen molar-refractivity contribution >= 4 is 34.1 Å². The Kier molecular flexibility index (Phi) is 3.64. The van der Waals surface area contributed by atoms with Crippen LogP contribution in [0.5, 0.6) is 0 Å². The maximum absolute atomic E-state index is 11.1. The van der Waals surface area contributed by atoms with Gasteiger partial charge >= 0.3 is 0 Å². The fourth-order valence-corrected chi connectivity index (χ4v) is 1.90. The maximum Gasteiger partial charge on any atom is 0.295 e. The van der Waals surface area contributed by atoms with E-state index in [1.807, 2.05) is 0 Å². The van der Waals surface area contributed by atoms with Crippen LogP contribution in [0.25, 0.3) is 5.69 Å². The molecule has 0 amide bonds. The Morgan fingerprint density at radius 2 is 2.32 bits per heavy atom. The van der Waals surface area contributed by atoms with E-state index < -0.39 is 4.92 Å². The van der Waals surface area contributed by atoms with Gasteiger partial charge in [-0.3, -0.25) is 10.1 Å². The minimum Gasteiger partial charge on any atom is -0.409 e. The number of nitro groups is 1. The second-order valence-electron chi connectivity index (χ2n) is 3.55. The number of nitro benzene ring substituents is 1. The summed E-state index contributed by atoms with van der Waals surface area (Å²) in [6, 6.07) is 4.25. The zero-order chi connectivity index (χ0) is 14.0. The number of hydrogen-bond acceptors (Lipinski definition) is 5. The second-order valence-corrected chi connectivity index (χ2v) is 4.79. The lowest BCUT2D eigenvalue weighted by molar-refractivity contribution is -0.384. The lowest BCUT2D eigenvalue weighted by atomic mass is 10.1. The van der Waals surface area contributed by atoms with Crippen molar-refractivity contribution in [1.29, 1.82) is 0 Å². The molecule has 0 aliphatic rings. The van der Waals surface area contributed by atoms with E-state index in [1.165, 1.54) is 22.9 Å². The second kappa shape index (κ2) is 5.22. The van der Waals surface area contributed by atoms with Gasteiger partial charge in [0.1, 0.15) is 5.69 Å². The van der Waals surface area contributed by atoms with E-state index in [0.717, 1.165) is 3.57 Å². The van der Waals surface area contributed by atoms with Crippen LogP contribution in [0.1, 0.15) is 5.56 Å². The number of hydrogen-bond donors (Lipinski definition) is 2. The third kappa shape index (κ3) is 2.65. The van der Waals surface area contributed by atoms with Gasteiger partial charge in [-0.05, 0) is 34.7 Å². The molecule has 98 valence electrons. The van der Waals surface area contributed by atoms with Crippen LogP contribution in [0, 0.1) is 13.7 Å². The summed E-state index contributed by atoms with van der Waals surface area (Å²) < 4.78 is 2.25. The molecule has 0 fully saturated rings. The first-order chi connectivity index (χ1) is 9.02. The molecule has 0 atom stereocenters. The Hall–Kier alpha value is -2.17. The zero-order valence-corrected chi connectivity index (χ0v) is 11.6. The maximum atomic E-state index is 11.1. The molecule has 2 rings (SSSR count). The molecule has 1 aromatic carbocycles. The Labute approximate surface area is 120 Å². The lowest BCUT2D eigenvalue weighted by Gasteiger charge is -2.05. The van der Waals surface area contributed by atoms with E-state index >= 15 is 0 Å². The SMILES string of the molecule is NC(=NO)c1ccc(-n2cc(I)cn2)c([N+](=O)[O-])c1. The molecule has 0 spiro atoms. The highest BCUT2D eigenvalue weighted by Crippen LogP contribution is 2.24. The topological polar surface area (TPSA) is 120 Å². The number of nitrogens with two attached hydrogens (primary N) is 1. The van der Waals surface area contributed by atoms with Gasteiger partial charge in [-0.25, -0.2) is 4.68 Å². The van der Waals surface area contributed by atoms with Crippen molar-refractivity contribution in [2.45, 2.75) is 0 Å². The smallest absolute Gasteiger partial charge is 0.295 e. The van der Waals surface area contributed by atoms with Crippen molar-refractivity contribution < 1.29 is 10.1 Å². The Bertz CT molecular complexity index is 667. The molecule has 0 saturated carbocycles. The molecule has 0 unspecified atom stereocenters. The molecule has 0 bridgehead atoms. The number of nitrogens with zero attached hydrogens (tertiary/aromatic N) is 4. The van der Waals surface area contributed by atoms with Crippen molar-refractivity contribution in [3.63, 3.8) is 0 Å². The average Bonchev–Trinajstić information content (AvgIpc) is 2.83. The summed E-state index contributed by atoms with van der Waals surface area (Å²) in [5.41, 5.74) is 5.80. The first kappa shape index (κ1) is 13.3. The first-order valence-electron chi connectivity index (χ1n) is 5.00. The van der Waals surface area contributed by atoms with Gasteiger partial charge in [0.05, 0.1) is 14.7 Å². The molecule has 8 nitrogen and oxygen atoms in total. The van der Waals surface area contributed by atoms with Gasteiger partial charge < -0.3 is 10.9 Å². The van der Waals surface area contributed by atoms with Gasteiger partial charge in [0, 0.05) is 17.8 Å². The third-order valence-corrected chi connectivity index (χ3v) is 2.93. The molecule has 0 aliphatic heterocycles. The molecular weight excluding hydrogens is 365 g/mol. The molecule has 0 radical (unpaired) electrons. The van der Waals surface area contributed by atoms with E-state index in [1.54, 1.807) is 12.4 Å². The number of amidine groups is 1. The predicted molar refractivity (Wildman–Crippen MR) is 75.4 cm³/mol. The number of benzene rings is 1. The third-order valence-electron chi connectivity index (χ3n) is 2.37. The van der Waals surface area contributed by atoms with Gasteiger partial charge in [-0.2, -0.15) is 5.10 Å². The summed E-state index contributed by atoms with van der Waals surface area (Å²) in [4.78, 5) is 10.5. The number of halogens is 1. The number of rotatable bonds is 3. The minimum absolute atomic E-state index is 0.177. The molecule has 2 aromatic rings. The van der Waals surface area contributed by atoms with Crippen LogP contribution in [0.15, 0.2) is 35.7 Å². The van der Waals surface area contributed by atoms with E-state index in [2.05, 4.69) is 32.8 Å². The Balaban J connectivity index is 2.59. The fourth-order valence-electron chi connectivity index (χ4n) is 1.51. The highest BCUT2D eigenvalue weighted by atomic mass is 127. The Morgan fingerprint density at radius 3 is 2.84 bits per heavy atom. The van der Waals surface area contributed by atoms with Gasteiger partial charge in [0.15, 0.2) is 5.84 Å². The molecule has 9 heteroatoms. The molecule has 0 saturated heterocycles.